The molecule has 7 nitrogen and oxygen atoms in total. The van der Waals surface area contributed by atoms with E-state index < -0.39 is 45.4 Å². The number of benzene rings is 1. The predicted octanol–water partition coefficient (Wildman–Crippen LogP) is 2.43. The lowest BCUT2D eigenvalue weighted by atomic mass is 10.1. The van der Waals surface area contributed by atoms with E-state index >= 15 is 0 Å². The number of alkyl halides is 6. The number of carbonyl (C=O) groups excluding carboxylic acids is 1. The van der Waals surface area contributed by atoms with E-state index in [1.165, 1.54) is 12.1 Å². The third-order valence-corrected chi connectivity index (χ3v) is 4.82. The van der Waals surface area contributed by atoms with Crippen molar-refractivity contribution in [1.82, 2.24) is 0 Å². The lowest BCUT2D eigenvalue weighted by molar-refractivity contribution is -0.356. The van der Waals surface area contributed by atoms with Crippen LogP contribution in [0.2, 0.25) is 0 Å². The van der Waals surface area contributed by atoms with Gasteiger partial charge in [0.25, 0.3) is 10.1 Å². The standard InChI is InChI=1S/C15H15F6NO6S/c16-14(17,18)13(15(19,20)21,9-29(24,25)26)28-12(23)10-1-3-11(4-2-10)22-5-7-27-8-6-22/h1-4H,5-9H2,(H,24,25,26). The number of carbonyl (C=O) groups is 1. The van der Waals surface area contributed by atoms with Crippen molar-refractivity contribution in [2.75, 3.05) is 37.0 Å². The van der Waals surface area contributed by atoms with Crippen molar-refractivity contribution in [2.24, 2.45) is 0 Å². The molecule has 1 aromatic rings. The van der Waals surface area contributed by atoms with Crippen molar-refractivity contribution in [1.29, 1.82) is 0 Å². The third-order valence-electron chi connectivity index (χ3n) is 4.05. The summed E-state index contributed by atoms with van der Waals surface area (Å²) < 4.78 is 118. The first-order valence-electron chi connectivity index (χ1n) is 7.91. The lowest BCUT2D eigenvalue weighted by Gasteiger charge is -2.35. The van der Waals surface area contributed by atoms with Gasteiger partial charge in [-0.3, -0.25) is 4.55 Å². The van der Waals surface area contributed by atoms with Crippen LogP contribution in [0.15, 0.2) is 24.3 Å². The zero-order valence-corrected chi connectivity index (χ0v) is 15.3. The maximum Gasteiger partial charge on any atom is 0.438 e. The number of nitrogens with zero attached hydrogens (tertiary/aromatic N) is 1. The smallest absolute Gasteiger partial charge is 0.435 e. The van der Waals surface area contributed by atoms with Crippen LogP contribution in [-0.2, 0) is 19.6 Å². The fourth-order valence-corrected chi connectivity index (χ4v) is 3.47. The highest BCUT2D eigenvalue weighted by Gasteiger charge is 2.76. The number of ether oxygens (including phenoxy) is 2. The van der Waals surface area contributed by atoms with Gasteiger partial charge in [-0.25, -0.2) is 4.79 Å². The van der Waals surface area contributed by atoms with Crippen LogP contribution in [0.25, 0.3) is 0 Å². The van der Waals surface area contributed by atoms with E-state index in [2.05, 4.69) is 4.74 Å². The first kappa shape index (κ1) is 23.2. The van der Waals surface area contributed by atoms with Gasteiger partial charge in [-0.1, -0.05) is 0 Å². The van der Waals surface area contributed by atoms with Gasteiger partial charge in [0, 0.05) is 18.8 Å². The number of hydrogen-bond acceptors (Lipinski definition) is 6. The Balaban J connectivity index is 2.34. The summed E-state index contributed by atoms with van der Waals surface area (Å²) >= 11 is 0. The molecule has 29 heavy (non-hydrogen) atoms. The second-order valence-corrected chi connectivity index (χ2v) is 7.54. The Hall–Kier alpha value is -2.06. The van der Waals surface area contributed by atoms with Crippen LogP contribution in [-0.4, -0.2) is 68.9 Å². The van der Waals surface area contributed by atoms with Crippen molar-refractivity contribution < 1.29 is 53.6 Å². The quantitative estimate of drug-likeness (QED) is 0.418. The van der Waals surface area contributed by atoms with Gasteiger partial charge in [-0.2, -0.15) is 34.8 Å². The Labute approximate surface area is 160 Å². The fourth-order valence-electron chi connectivity index (χ4n) is 2.57. The van der Waals surface area contributed by atoms with Gasteiger partial charge < -0.3 is 14.4 Å². The van der Waals surface area contributed by atoms with Crippen molar-refractivity contribution in [3.8, 4) is 0 Å². The summed E-state index contributed by atoms with van der Waals surface area (Å²) in [4.78, 5) is 13.8. The molecule has 1 heterocycles. The molecule has 1 saturated heterocycles. The Morgan fingerprint density at radius 1 is 1.03 bits per heavy atom. The summed E-state index contributed by atoms with van der Waals surface area (Å²) in [7, 11) is -5.83. The minimum absolute atomic E-state index is 0.416. The molecule has 14 heteroatoms. The van der Waals surface area contributed by atoms with Crippen molar-refractivity contribution in [2.45, 2.75) is 18.0 Å². The van der Waals surface area contributed by atoms with Crippen molar-refractivity contribution in [3.63, 3.8) is 0 Å². The molecule has 0 spiro atoms. The first-order valence-corrected chi connectivity index (χ1v) is 9.52. The van der Waals surface area contributed by atoms with Gasteiger partial charge in [-0.15, -0.1) is 0 Å². The number of rotatable bonds is 5. The van der Waals surface area contributed by atoms with Crippen molar-refractivity contribution in [3.05, 3.63) is 29.8 Å². The lowest BCUT2D eigenvalue weighted by Crippen LogP contribution is -2.63. The molecule has 2 rings (SSSR count). The van der Waals surface area contributed by atoms with E-state index in [1.807, 2.05) is 4.90 Å². The van der Waals surface area contributed by atoms with E-state index in [-0.39, 0.29) is 0 Å². The molecule has 1 aliphatic rings. The first-order chi connectivity index (χ1) is 13.2. The molecular weight excluding hydrogens is 436 g/mol. The van der Waals surface area contributed by atoms with Crippen LogP contribution in [0, 0.1) is 0 Å². The molecule has 0 bridgehead atoms. The Bertz CT molecular complexity index is 816. The second kappa shape index (κ2) is 7.99. The zero-order chi connectivity index (χ0) is 22.1. The van der Waals surface area contributed by atoms with E-state index in [1.54, 1.807) is 0 Å². The molecule has 1 aliphatic heterocycles. The SMILES string of the molecule is O=C(OC(CS(=O)(=O)O)(C(F)(F)F)C(F)(F)F)c1ccc(N2CCOCC2)cc1. The molecule has 164 valence electrons. The van der Waals surface area contributed by atoms with Crippen LogP contribution in [0.5, 0.6) is 0 Å². The van der Waals surface area contributed by atoms with Gasteiger partial charge >= 0.3 is 23.9 Å². The molecule has 0 amide bonds. The van der Waals surface area contributed by atoms with Gasteiger partial charge in [0.05, 0.1) is 18.8 Å². The molecule has 0 radical (unpaired) electrons. The van der Waals surface area contributed by atoms with Gasteiger partial charge in [-0.05, 0) is 24.3 Å². The maximum absolute atomic E-state index is 13.2. The highest BCUT2D eigenvalue weighted by molar-refractivity contribution is 7.85. The van der Waals surface area contributed by atoms with Gasteiger partial charge in [0.15, 0.2) is 0 Å². The van der Waals surface area contributed by atoms with Crippen LogP contribution in [0.1, 0.15) is 10.4 Å². The van der Waals surface area contributed by atoms with E-state index in [0.29, 0.717) is 32.0 Å². The normalized spacial score (nSPS) is 16.6. The average molecular weight is 451 g/mol. The monoisotopic (exact) mass is 451 g/mol. The average Bonchev–Trinajstić information content (AvgIpc) is 2.59. The summed E-state index contributed by atoms with van der Waals surface area (Å²) in [5.74, 6) is -4.98. The summed E-state index contributed by atoms with van der Waals surface area (Å²) in [5.41, 5.74) is -5.57. The highest BCUT2D eigenvalue weighted by Crippen LogP contribution is 2.47. The molecule has 0 aliphatic carbocycles. The minimum Gasteiger partial charge on any atom is -0.435 e. The molecule has 0 atom stereocenters. The zero-order valence-electron chi connectivity index (χ0n) is 14.5. The number of morpholine rings is 1. The summed E-state index contributed by atoms with van der Waals surface area (Å²) in [6.07, 6.45) is -12.7. The van der Waals surface area contributed by atoms with Gasteiger partial charge in [0.1, 0.15) is 5.75 Å². The minimum atomic E-state index is -6.37. The molecule has 1 fully saturated rings. The maximum atomic E-state index is 13.2. The van der Waals surface area contributed by atoms with E-state index in [9.17, 15) is 39.6 Å². The Morgan fingerprint density at radius 3 is 1.93 bits per heavy atom. The van der Waals surface area contributed by atoms with Crippen LogP contribution in [0.4, 0.5) is 32.0 Å². The number of halogens is 6. The van der Waals surface area contributed by atoms with Gasteiger partial charge in [0.2, 0.25) is 0 Å². The summed E-state index contributed by atoms with van der Waals surface area (Å²) in [6.45, 7) is 1.81. The number of hydrogen-bond donors (Lipinski definition) is 1. The van der Waals surface area contributed by atoms with Crippen molar-refractivity contribution >= 4 is 21.8 Å². The predicted molar refractivity (Wildman–Crippen MR) is 86.1 cm³/mol. The number of anilines is 1. The Morgan fingerprint density at radius 2 is 1.52 bits per heavy atom. The molecule has 0 aromatic heterocycles. The van der Waals surface area contributed by atoms with E-state index in [4.69, 9.17) is 9.29 Å². The molecular formula is C15H15F6NO6S. The topological polar surface area (TPSA) is 93.1 Å². The van der Waals surface area contributed by atoms with Crippen LogP contribution in [0.3, 0.4) is 0 Å². The highest BCUT2D eigenvalue weighted by atomic mass is 32.2. The molecule has 0 unspecified atom stereocenters. The van der Waals surface area contributed by atoms with Crippen LogP contribution < -0.4 is 4.90 Å². The summed E-state index contributed by atoms with van der Waals surface area (Å²) in [5, 5.41) is 0. The Kier molecular flexibility index (Phi) is 6.40. The number of esters is 1. The third kappa shape index (κ3) is 5.30. The molecule has 0 saturated carbocycles. The molecule has 1 N–H and O–H groups in total. The second-order valence-electron chi connectivity index (χ2n) is 6.08. The summed E-state index contributed by atoms with van der Waals surface area (Å²) in [6, 6.07) is 4.46. The van der Waals surface area contributed by atoms with E-state index in [0.717, 1.165) is 12.1 Å². The molecule has 1 aromatic carbocycles. The largest absolute Gasteiger partial charge is 0.438 e. The van der Waals surface area contributed by atoms with Crippen LogP contribution >= 0.6 is 0 Å². The fraction of sp³-hybridized carbons (Fsp3) is 0.533.